The summed E-state index contributed by atoms with van der Waals surface area (Å²) in [7, 11) is -0.356. The first-order valence-electron chi connectivity index (χ1n) is 9.86. The second kappa shape index (κ2) is 7.73. The first kappa shape index (κ1) is 20.6. The number of imidazole rings is 1. The largest absolute Gasteiger partial charge is 0.328 e. The molecular formula is C20H29N3O4S. The summed E-state index contributed by atoms with van der Waals surface area (Å²) in [6.07, 6.45) is 4.40. The van der Waals surface area contributed by atoms with Crippen molar-refractivity contribution in [1.82, 2.24) is 9.13 Å². The van der Waals surface area contributed by atoms with Gasteiger partial charge in [-0.3, -0.25) is 13.9 Å². The highest BCUT2D eigenvalue weighted by atomic mass is 32.2. The molecule has 1 aromatic carbocycles. The number of hydrogen-bond donors (Lipinski definition) is 1. The zero-order valence-corrected chi connectivity index (χ0v) is 17.8. The molecule has 0 unspecified atom stereocenters. The number of aromatic nitrogens is 2. The third kappa shape index (κ3) is 3.74. The van der Waals surface area contributed by atoms with Crippen molar-refractivity contribution < 1.29 is 13.2 Å². The van der Waals surface area contributed by atoms with Crippen molar-refractivity contribution in [3.8, 4) is 0 Å². The van der Waals surface area contributed by atoms with E-state index in [4.69, 9.17) is 0 Å². The van der Waals surface area contributed by atoms with Gasteiger partial charge in [0.1, 0.15) is 0 Å². The maximum absolute atomic E-state index is 13.4. The molecule has 3 rings (SSSR count). The molecule has 0 spiro atoms. The van der Waals surface area contributed by atoms with Gasteiger partial charge in [-0.2, -0.15) is 0 Å². The molecule has 1 aromatic heterocycles. The molecule has 1 heterocycles. The number of carbonyl (C=O) groups is 1. The SMILES string of the molecule is CC(C)CC(=O)Nc1cc2c(cc1S(=O)(=O)C1CCCCC1)n(C)c(=O)n2C. The molecule has 1 saturated carbocycles. The van der Waals surface area contributed by atoms with Crippen LogP contribution in [0, 0.1) is 5.92 Å². The van der Waals surface area contributed by atoms with Crippen LogP contribution in [0.3, 0.4) is 0 Å². The van der Waals surface area contributed by atoms with Crippen LogP contribution in [0.5, 0.6) is 0 Å². The van der Waals surface area contributed by atoms with Gasteiger partial charge in [0.15, 0.2) is 9.84 Å². The van der Waals surface area contributed by atoms with Crippen LogP contribution in [0.25, 0.3) is 11.0 Å². The molecule has 0 radical (unpaired) electrons. The summed E-state index contributed by atoms with van der Waals surface area (Å²) in [5, 5.41) is 2.35. The van der Waals surface area contributed by atoms with Crippen LogP contribution >= 0.6 is 0 Å². The van der Waals surface area contributed by atoms with Crippen LogP contribution in [0.4, 0.5) is 5.69 Å². The number of benzene rings is 1. The van der Waals surface area contributed by atoms with Crippen molar-refractivity contribution in [3.05, 3.63) is 22.6 Å². The summed E-state index contributed by atoms with van der Waals surface area (Å²) in [6, 6.07) is 3.16. The number of amides is 1. The molecule has 0 atom stereocenters. The molecule has 1 fully saturated rings. The molecule has 1 amide bonds. The van der Waals surface area contributed by atoms with Gasteiger partial charge in [-0.25, -0.2) is 13.2 Å². The van der Waals surface area contributed by atoms with Crippen LogP contribution in [-0.4, -0.2) is 28.7 Å². The highest BCUT2D eigenvalue weighted by Gasteiger charge is 2.32. The number of aryl methyl sites for hydroxylation is 2. The Morgan fingerprint density at radius 3 is 2.25 bits per heavy atom. The maximum atomic E-state index is 13.4. The highest BCUT2D eigenvalue weighted by molar-refractivity contribution is 7.92. The Balaban J connectivity index is 2.17. The van der Waals surface area contributed by atoms with Gasteiger partial charge in [0.05, 0.1) is 26.9 Å². The van der Waals surface area contributed by atoms with E-state index in [1.807, 2.05) is 13.8 Å². The van der Waals surface area contributed by atoms with E-state index in [2.05, 4.69) is 5.32 Å². The van der Waals surface area contributed by atoms with Gasteiger partial charge >= 0.3 is 5.69 Å². The lowest BCUT2D eigenvalue weighted by atomic mass is 10.0. The van der Waals surface area contributed by atoms with Crippen LogP contribution in [-0.2, 0) is 28.7 Å². The molecule has 8 heteroatoms. The molecule has 1 N–H and O–H groups in total. The maximum Gasteiger partial charge on any atom is 0.328 e. The first-order chi connectivity index (χ1) is 13.1. The quantitative estimate of drug-likeness (QED) is 0.825. The van der Waals surface area contributed by atoms with E-state index in [0.29, 0.717) is 30.3 Å². The van der Waals surface area contributed by atoms with E-state index in [-0.39, 0.29) is 28.1 Å². The van der Waals surface area contributed by atoms with E-state index in [1.54, 1.807) is 26.2 Å². The number of nitrogens with one attached hydrogen (secondary N) is 1. The second-order valence-corrected chi connectivity index (χ2v) is 10.4. The van der Waals surface area contributed by atoms with Gasteiger partial charge in [0.2, 0.25) is 5.91 Å². The summed E-state index contributed by atoms with van der Waals surface area (Å²) < 4.78 is 29.7. The van der Waals surface area contributed by atoms with E-state index >= 15 is 0 Å². The number of rotatable bonds is 5. The van der Waals surface area contributed by atoms with Crippen molar-refractivity contribution in [2.24, 2.45) is 20.0 Å². The van der Waals surface area contributed by atoms with E-state index in [0.717, 1.165) is 19.3 Å². The monoisotopic (exact) mass is 407 g/mol. The Kier molecular flexibility index (Phi) is 5.70. The molecule has 1 aliphatic carbocycles. The van der Waals surface area contributed by atoms with Gasteiger partial charge in [0.25, 0.3) is 0 Å². The number of sulfone groups is 1. The van der Waals surface area contributed by atoms with Crippen molar-refractivity contribution in [1.29, 1.82) is 0 Å². The molecule has 28 heavy (non-hydrogen) atoms. The van der Waals surface area contributed by atoms with Gasteiger partial charge in [-0.15, -0.1) is 0 Å². The Labute approximate surface area is 165 Å². The summed E-state index contributed by atoms with van der Waals surface area (Å²) in [6.45, 7) is 3.87. The predicted octanol–water partition coefficient (Wildman–Crippen LogP) is 2.97. The molecule has 0 aliphatic heterocycles. The Morgan fingerprint density at radius 1 is 1.11 bits per heavy atom. The Bertz CT molecular complexity index is 1060. The fraction of sp³-hybridized carbons (Fsp3) is 0.600. The zero-order valence-electron chi connectivity index (χ0n) is 17.0. The molecular weight excluding hydrogens is 378 g/mol. The molecule has 2 aromatic rings. The minimum Gasteiger partial charge on any atom is -0.325 e. The molecule has 0 bridgehead atoms. The van der Waals surface area contributed by atoms with Crippen LogP contribution in [0.15, 0.2) is 21.8 Å². The number of anilines is 1. The summed E-state index contributed by atoms with van der Waals surface area (Å²) >= 11 is 0. The molecule has 154 valence electrons. The normalized spacial score (nSPS) is 16.0. The number of hydrogen-bond acceptors (Lipinski definition) is 4. The lowest BCUT2D eigenvalue weighted by Gasteiger charge is -2.23. The second-order valence-electron chi connectivity index (χ2n) is 8.19. The molecule has 0 saturated heterocycles. The standard InChI is InChI=1S/C20H29N3O4S/c1-13(2)10-19(24)21-15-11-16-17(23(4)20(25)22(16)3)12-18(15)28(26,27)14-8-6-5-7-9-14/h11-14H,5-10H2,1-4H3,(H,21,24). The first-order valence-corrected chi connectivity index (χ1v) is 11.4. The summed E-state index contributed by atoms with van der Waals surface area (Å²) in [4.78, 5) is 24.8. The van der Waals surface area contributed by atoms with E-state index in [1.165, 1.54) is 9.13 Å². The average Bonchev–Trinajstić information content (AvgIpc) is 2.85. The zero-order chi connectivity index (χ0) is 20.6. The van der Waals surface area contributed by atoms with Crippen LogP contribution in [0.1, 0.15) is 52.4 Å². The van der Waals surface area contributed by atoms with Gasteiger partial charge in [-0.05, 0) is 30.9 Å². The topological polar surface area (TPSA) is 90.2 Å². The van der Waals surface area contributed by atoms with Gasteiger partial charge in [-0.1, -0.05) is 33.1 Å². The Hall–Kier alpha value is -2.09. The van der Waals surface area contributed by atoms with Gasteiger partial charge in [0, 0.05) is 20.5 Å². The lowest BCUT2D eigenvalue weighted by Crippen LogP contribution is -2.26. The predicted molar refractivity (Wildman–Crippen MR) is 110 cm³/mol. The Morgan fingerprint density at radius 2 is 1.68 bits per heavy atom. The fourth-order valence-corrected chi connectivity index (χ4v) is 5.99. The van der Waals surface area contributed by atoms with Crippen molar-refractivity contribution in [2.45, 2.75) is 62.5 Å². The smallest absolute Gasteiger partial charge is 0.325 e. The third-order valence-electron chi connectivity index (χ3n) is 5.54. The van der Waals surface area contributed by atoms with Crippen molar-refractivity contribution in [2.75, 3.05) is 5.32 Å². The molecule has 1 aliphatic rings. The average molecular weight is 408 g/mol. The summed E-state index contributed by atoms with van der Waals surface area (Å²) in [5.41, 5.74) is 1.17. The molecule has 7 nitrogen and oxygen atoms in total. The third-order valence-corrected chi connectivity index (χ3v) is 7.84. The van der Waals surface area contributed by atoms with Crippen LogP contribution in [0.2, 0.25) is 0 Å². The van der Waals surface area contributed by atoms with Crippen molar-refractivity contribution in [3.63, 3.8) is 0 Å². The number of carbonyl (C=O) groups excluding carboxylic acids is 1. The van der Waals surface area contributed by atoms with Crippen LogP contribution < -0.4 is 11.0 Å². The minimum absolute atomic E-state index is 0.116. The summed E-state index contributed by atoms with van der Waals surface area (Å²) in [5.74, 6) is -0.0708. The van der Waals surface area contributed by atoms with Gasteiger partial charge < -0.3 is 5.32 Å². The van der Waals surface area contributed by atoms with E-state index < -0.39 is 15.1 Å². The van der Waals surface area contributed by atoms with E-state index in [9.17, 15) is 18.0 Å². The highest BCUT2D eigenvalue weighted by Crippen LogP contribution is 2.34. The van der Waals surface area contributed by atoms with Crippen molar-refractivity contribution >= 4 is 32.5 Å². The number of nitrogens with zero attached hydrogens (tertiary/aromatic N) is 2. The fourth-order valence-electron chi connectivity index (χ4n) is 3.99. The minimum atomic E-state index is -3.62. The lowest BCUT2D eigenvalue weighted by molar-refractivity contribution is -0.116. The number of fused-ring (bicyclic) bond motifs is 1.